The number of pyridine rings is 1. The number of ether oxygens (including phenoxy) is 1. The molecule has 7 nitrogen and oxygen atoms in total. The molecule has 0 aliphatic rings. The first-order valence-electron chi connectivity index (χ1n) is 9.90. The maximum atomic E-state index is 13.0. The van der Waals surface area contributed by atoms with Crippen LogP contribution in [0.3, 0.4) is 0 Å². The van der Waals surface area contributed by atoms with Crippen molar-refractivity contribution in [2.45, 2.75) is 26.4 Å². The number of thiophene rings is 1. The average Bonchev–Trinajstić information content (AvgIpc) is 3.17. The van der Waals surface area contributed by atoms with Crippen LogP contribution in [-0.2, 0) is 6.54 Å². The highest BCUT2D eigenvalue weighted by atomic mass is 32.1. The van der Waals surface area contributed by atoms with E-state index in [0.29, 0.717) is 18.2 Å². The van der Waals surface area contributed by atoms with Crippen LogP contribution in [0.2, 0.25) is 0 Å². The van der Waals surface area contributed by atoms with Crippen LogP contribution in [0, 0.1) is 6.92 Å². The number of amides is 1. The Labute approximate surface area is 184 Å². The third-order valence-electron chi connectivity index (χ3n) is 4.80. The molecule has 1 amide bonds. The van der Waals surface area contributed by atoms with Gasteiger partial charge in [0.15, 0.2) is 5.69 Å². The van der Waals surface area contributed by atoms with Gasteiger partial charge in [-0.05, 0) is 49.7 Å². The molecule has 0 bridgehead atoms. The van der Waals surface area contributed by atoms with Crippen molar-refractivity contribution in [3.8, 4) is 5.75 Å². The van der Waals surface area contributed by atoms with Crippen molar-refractivity contribution in [1.29, 1.82) is 0 Å². The molecule has 0 fully saturated rings. The molecule has 0 unspecified atom stereocenters. The van der Waals surface area contributed by atoms with Crippen LogP contribution < -0.4 is 15.4 Å². The van der Waals surface area contributed by atoms with Crippen molar-refractivity contribution >= 4 is 33.4 Å². The number of nitrogens with one attached hydrogen (secondary N) is 2. The molecule has 4 rings (SSSR count). The zero-order valence-corrected chi connectivity index (χ0v) is 18.4. The van der Waals surface area contributed by atoms with Crippen LogP contribution in [0.15, 0.2) is 54.7 Å². The third-order valence-corrected chi connectivity index (χ3v) is 5.85. The molecule has 0 saturated carbocycles. The summed E-state index contributed by atoms with van der Waals surface area (Å²) in [6.07, 6.45) is 1.75. The molecule has 3 heterocycles. The number of anilines is 1. The first-order chi connectivity index (χ1) is 15.0. The van der Waals surface area contributed by atoms with Crippen molar-refractivity contribution in [1.82, 2.24) is 20.3 Å². The van der Waals surface area contributed by atoms with Crippen molar-refractivity contribution in [3.05, 3.63) is 76.6 Å². The smallest absolute Gasteiger partial charge is 0.271 e. The number of carbonyl (C=O) groups excluding carboxylic acids is 1. The number of aryl methyl sites for hydroxylation is 1. The van der Waals surface area contributed by atoms with Gasteiger partial charge < -0.3 is 15.4 Å². The van der Waals surface area contributed by atoms with E-state index in [1.54, 1.807) is 13.3 Å². The van der Waals surface area contributed by atoms with Crippen LogP contribution in [0.25, 0.3) is 10.2 Å². The first-order valence-corrected chi connectivity index (χ1v) is 10.7. The summed E-state index contributed by atoms with van der Waals surface area (Å²) >= 11 is 1.52. The summed E-state index contributed by atoms with van der Waals surface area (Å²) in [4.78, 5) is 27.6. The quantitative estimate of drug-likeness (QED) is 0.446. The minimum atomic E-state index is -0.237. The number of hydrogen-bond donors (Lipinski definition) is 2. The number of methoxy groups -OCH3 is 1. The molecule has 3 aromatic heterocycles. The predicted octanol–water partition coefficient (Wildman–Crippen LogP) is 4.51. The first kappa shape index (κ1) is 20.7. The number of fused-ring (bicyclic) bond motifs is 1. The second kappa shape index (κ2) is 9.09. The Bertz CT molecular complexity index is 1190. The van der Waals surface area contributed by atoms with Crippen LogP contribution in [0.4, 0.5) is 5.95 Å². The van der Waals surface area contributed by atoms with E-state index in [0.717, 1.165) is 32.1 Å². The minimum absolute atomic E-state index is 0.103. The Morgan fingerprint density at radius 3 is 2.68 bits per heavy atom. The highest BCUT2D eigenvalue weighted by molar-refractivity contribution is 7.19. The highest BCUT2D eigenvalue weighted by Gasteiger charge is 2.18. The van der Waals surface area contributed by atoms with Gasteiger partial charge in [0.25, 0.3) is 5.91 Å². The molecule has 8 heteroatoms. The molecule has 2 N–H and O–H groups in total. The zero-order valence-electron chi connectivity index (χ0n) is 17.5. The van der Waals surface area contributed by atoms with Gasteiger partial charge in [-0.2, -0.15) is 0 Å². The van der Waals surface area contributed by atoms with Crippen LogP contribution in [-0.4, -0.2) is 28.0 Å². The fourth-order valence-corrected chi connectivity index (χ4v) is 4.11. The average molecular weight is 434 g/mol. The lowest BCUT2D eigenvalue weighted by Crippen LogP contribution is -2.24. The molecular formula is C23H23N5O2S. The molecule has 1 atom stereocenters. The number of rotatable bonds is 7. The van der Waals surface area contributed by atoms with Gasteiger partial charge in [-0.25, -0.2) is 9.97 Å². The second-order valence-electron chi connectivity index (χ2n) is 7.12. The second-order valence-corrected chi connectivity index (χ2v) is 8.37. The summed E-state index contributed by atoms with van der Waals surface area (Å²) in [5, 5.41) is 6.23. The lowest BCUT2D eigenvalue weighted by atomic mass is 10.2. The van der Waals surface area contributed by atoms with Gasteiger partial charge in [0.05, 0.1) is 29.1 Å². The van der Waals surface area contributed by atoms with E-state index in [-0.39, 0.29) is 11.9 Å². The molecule has 0 radical (unpaired) electrons. The molecule has 0 aliphatic carbocycles. The van der Waals surface area contributed by atoms with Gasteiger partial charge in [0.2, 0.25) is 5.95 Å². The third kappa shape index (κ3) is 4.80. The van der Waals surface area contributed by atoms with Crippen molar-refractivity contribution < 1.29 is 9.53 Å². The molecule has 158 valence electrons. The van der Waals surface area contributed by atoms with E-state index in [1.807, 2.05) is 62.4 Å². The SMILES string of the molecule is COc1ccc(CNC(=O)c2nc(N[C@@H](C)c3ccccn3)nc3cc(C)sc23)cc1. The van der Waals surface area contributed by atoms with Gasteiger partial charge >= 0.3 is 0 Å². The molecule has 4 aromatic rings. The van der Waals surface area contributed by atoms with Crippen LogP contribution in [0.5, 0.6) is 5.75 Å². The van der Waals surface area contributed by atoms with Gasteiger partial charge in [-0.3, -0.25) is 9.78 Å². The summed E-state index contributed by atoms with van der Waals surface area (Å²) < 4.78 is 5.96. The molecule has 0 saturated heterocycles. The maximum Gasteiger partial charge on any atom is 0.271 e. The standard InChI is InChI=1S/C23H23N5O2S/c1-14-12-19-21(31-14)20(22(29)25-13-16-7-9-17(30-3)10-8-16)28-23(27-19)26-15(2)18-6-4-5-11-24-18/h4-12,15H,13H2,1-3H3,(H,25,29)(H,26,27,28)/t15-/m0/s1. The van der Waals surface area contributed by atoms with E-state index in [9.17, 15) is 4.79 Å². The summed E-state index contributed by atoms with van der Waals surface area (Å²) in [6.45, 7) is 4.37. The van der Waals surface area contributed by atoms with E-state index in [2.05, 4.69) is 25.6 Å². The lowest BCUT2D eigenvalue weighted by Gasteiger charge is -2.14. The Hall–Kier alpha value is -3.52. The predicted molar refractivity (Wildman–Crippen MR) is 123 cm³/mol. The van der Waals surface area contributed by atoms with Gasteiger partial charge in [0, 0.05) is 17.6 Å². The summed E-state index contributed by atoms with van der Waals surface area (Å²) in [5.41, 5.74) is 2.97. The fraction of sp³-hybridized carbons (Fsp3) is 0.217. The molecule has 0 spiro atoms. The number of aromatic nitrogens is 3. The van der Waals surface area contributed by atoms with E-state index < -0.39 is 0 Å². The van der Waals surface area contributed by atoms with Gasteiger partial charge in [-0.15, -0.1) is 11.3 Å². The summed E-state index contributed by atoms with van der Waals surface area (Å²) in [6, 6.07) is 15.2. The summed E-state index contributed by atoms with van der Waals surface area (Å²) in [5.74, 6) is 0.941. The summed E-state index contributed by atoms with van der Waals surface area (Å²) in [7, 11) is 1.63. The van der Waals surface area contributed by atoms with Crippen LogP contribution in [0.1, 0.15) is 39.6 Å². The number of nitrogens with zero attached hydrogens (tertiary/aromatic N) is 3. The lowest BCUT2D eigenvalue weighted by molar-refractivity contribution is 0.0948. The number of benzene rings is 1. The monoisotopic (exact) mass is 433 g/mol. The maximum absolute atomic E-state index is 13.0. The molecular weight excluding hydrogens is 410 g/mol. The normalized spacial score (nSPS) is 11.8. The van der Waals surface area contributed by atoms with E-state index in [4.69, 9.17) is 4.74 Å². The fourth-order valence-electron chi connectivity index (χ4n) is 3.18. The Morgan fingerprint density at radius 2 is 1.97 bits per heavy atom. The Morgan fingerprint density at radius 1 is 1.16 bits per heavy atom. The number of hydrogen-bond acceptors (Lipinski definition) is 7. The zero-order chi connectivity index (χ0) is 21.8. The molecule has 0 aliphatic heterocycles. The topological polar surface area (TPSA) is 89.0 Å². The molecule has 1 aromatic carbocycles. The van der Waals surface area contributed by atoms with Crippen molar-refractivity contribution in [2.24, 2.45) is 0 Å². The van der Waals surface area contributed by atoms with E-state index >= 15 is 0 Å². The Balaban J connectivity index is 1.57. The highest BCUT2D eigenvalue weighted by Crippen LogP contribution is 2.28. The minimum Gasteiger partial charge on any atom is -0.497 e. The largest absolute Gasteiger partial charge is 0.497 e. The van der Waals surface area contributed by atoms with Crippen molar-refractivity contribution in [3.63, 3.8) is 0 Å². The van der Waals surface area contributed by atoms with Crippen molar-refractivity contribution in [2.75, 3.05) is 12.4 Å². The van der Waals surface area contributed by atoms with Crippen LogP contribution >= 0.6 is 11.3 Å². The molecule has 31 heavy (non-hydrogen) atoms. The van der Waals surface area contributed by atoms with E-state index in [1.165, 1.54) is 11.3 Å². The number of carbonyl (C=O) groups is 1. The Kier molecular flexibility index (Phi) is 6.08. The van der Waals surface area contributed by atoms with Gasteiger partial charge in [-0.1, -0.05) is 18.2 Å². The van der Waals surface area contributed by atoms with Gasteiger partial charge in [0.1, 0.15) is 5.75 Å².